The fourth-order valence-corrected chi connectivity index (χ4v) is 2.97. The van der Waals surface area contributed by atoms with Crippen molar-refractivity contribution in [3.8, 4) is 0 Å². The molecule has 1 aliphatic rings. The van der Waals surface area contributed by atoms with Gasteiger partial charge >= 0.3 is 0 Å². The summed E-state index contributed by atoms with van der Waals surface area (Å²) in [6.07, 6.45) is 7.30. The van der Waals surface area contributed by atoms with Gasteiger partial charge in [-0.1, -0.05) is 12.1 Å². The number of hydrogen-bond acceptors (Lipinski definition) is 3. The first kappa shape index (κ1) is 13.2. The molecule has 0 amide bonds. The highest BCUT2D eigenvalue weighted by Gasteiger charge is 2.20. The lowest BCUT2D eigenvalue weighted by molar-refractivity contribution is 0.219. The van der Waals surface area contributed by atoms with Gasteiger partial charge in [0.25, 0.3) is 0 Å². The van der Waals surface area contributed by atoms with Gasteiger partial charge in [0.15, 0.2) is 0 Å². The average Bonchev–Trinajstić information content (AvgIpc) is 2.88. The summed E-state index contributed by atoms with van der Waals surface area (Å²) < 4.78 is 2.36. The first-order valence-corrected chi connectivity index (χ1v) is 7.27. The van der Waals surface area contributed by atoms with Crippen molar-refractivity contribution in [2.24, 2.45) is 0 Å². The highest BCUT2D eigenvalue weighted by molar-refractivity contribution is 5.41. The summed E-state index contributed by atoms with van der Waals surface area (Å²) in [5.74, 6) is 1.14. The minimum atomic E-state index is 0.588. The third-order valence-corrected chi connectivity index (χ3v) is 4.14. The minimum Gasteiger partial charge on any atom is -0.399 e. The van der Waals surface area contributed by atoms with Crippen LogP contribution in [0.25, 0.3) is 0 Å². The third-order valence-electron chi connectivity index (χ3n) is 4.14. The minimum absolute atomic E-state index is 0.588. The molecule has 2 aromatic rings. The summed E-state index contributed by atoms with van der Waals surface area (Å²) in [5, 5.41) is 0. The molecule has 0 aliphatic carbocycles. The molecule has 1 aliphatic heterocycles. The van der Waals surface area contributed by atoms with Gasteiger partial charge in [0, 0.05) is 30.5 Å². The molecule has 0 unspecified atom stereocenters. The van der Waals surface area contributed by atoms with Gasteiger partial charge in [0.1, 0.15) is 5.82 Å². The van der Waals surface area contributed by atoms with E-state index in [2.05, 4.69) is 33.8 Å². The number of nitrogens with two attached hydrogens (primary N) is 1. The zero-order valence-corrected chi connectivity index (χ0v) is 12.0. The number of anilines is 1. The lowest BCUT2D eigenvalue weighted by Crippen LogP contribution is -2.31. The SMILES string of the molecule is CN1CCC(n2ccnc2Cc2cccc(N)c2)CC1. The van der Waals surface area contributed by atoms with Crippen LogP contribution >= 0.6 is 0 Å². The van der Waals surface area contributed by atoms with Crippen molar-refractivity contribution in [2.45, 2.75) is 25.3 Å². The second-order valence-corrected chi connectivity index (χ2v) is 5.71. The normalized spacial score (nSPS) is 17.4. The first-order valence-electron chi connectivity index (χ1n) is 7.27. The Balaban J connectivity index is 1.76. The first-order chi connectivity index (χ1) is 9.72. The highest BCUT2D eigenvalue weighted by Crippen LogP contribution is 2.24. The Morgan fingerprint density at radius 1 is 1.30 bits per heavy atom. The van der Waals surface area contributed by atoms with E-state index in [4.69, 9.17) is 5.73 Å². The predicted molar refractivity (Wildman–Crippen MR) is 81.7 cm³/mol. The molecule has 1 aromatic carbocycles. The van der Waals surface area contributed by atoms with Gasteiger partial charge in [-0.2, -0.15) is 0 Å². The van der Waals surface area contributed by atoms with E-state index in [1.807, 2.05) is 24.4 Å². The summed E-state index contributed by atoms with van der Waals surface area (Å²) in [7, 11) is 2.19. The van der Waals surface area contributed by atoms with Gasteiger partial charge in [0.2, 0.25) is 0 Å². The van der Waals surface area contributed by atoms with Crippen LogP contribution in [0.15, 0.2) is 36.7 Å². The fourth-order valence-electron chi connectivity index (χ4n) is 2.97. The maximum atomic E-state index is 5.85. The Hall–Kier alpha value is -1.81. The van der Waals surface area contributed by atoms with E-state index in [0.29, 0.717) is 6.04 Å². The molecular formula is C16H22N4. The van der Waals surface area contributed by atoms with Gasteiger partial charge < -0.3 is 15.2 Å². The Bertz CT molecular complexity index is 567. The van der Waals surface area contributed by atoms with Gasteiger partial charge in [-0.25, -0.2) is 4.98 Å². The topological polar surface area (TPSA) is 47.1 Å². The predicted octanol–water partition coefficient (Wildman–Crippen LogP) is 2.32. The second kappa shape index (κ2) is 5.67. The van der Waals surface area contributed by atoms with Crippen LogP contribution in [0.5, 0.6) is 0 Å². The van der Waals surface area contributed by atoms with E-state index in [9.17, 15) is 0 Å². The monoisotopic (exact) mass is 270 g/mol. The van der Waals surface area contributed by atoms with Crippen molar-refractivity contribution >= 4 is 5.69 Å². The lowest BCUT2D eigenvalue weighted by atomic mass is 10.0. The summed E-state index contributed by atoms with van der Waals surface area (Å²) in [6, 6.07) is 8.67. The number of rotatable bonds is 3. The van der Waals surface area contributed by atoms with Crippen LogP contribution in [0.3, 0.4) is 0 Å². The molecule has 2 heterocycles. The van der Waals surface area contributed by atoms with E-state index in [1.54, 1.807) is 0 Å². The molecule has 2 N–H and O–H groups in total. The van der Waals surface area contributed by atoms with Crippen molar-refractivity contribution in [2.75, 3.05) is 25.9 Å². The number of likely N-dealkylation sites (tertiary alicyclic amines) is 1. The summed E-state index contributed by atoms with van der Waals surface area (Å²) in [4.78, 5) is 6.94. The Labute approximate surface area is 120 Å². The molecule has 20 heavy (non-hydrogen) atoms. The van der Waals surface area contributed by atoms with E-state index >= 15 is 0 Å². The number of nitrogens with zero attached hydrogens (tertiary/aromatic N) is 3. The van der Waals surface area contributed by atoms with Crippen molar-refractivity contribution in [1.29, 1.82) is 0 Å². The van der Waals surface area contributed by atoms with Gasteiger partial charge in [-0.3, -0.25) is 0 Å². The van der Waals surface area contributed by atoms with Crippen LogP contribution in [0.4, 0.5) is 5.69 Å². The molecule has 0 bridgehead atoms. The lowest BCUT2D eigenvalue weighted by Gasteiger charge is -2.30. The van der Waals surface area contributed by atoms with E-state index < -0.39 is 0 Å². The third kappa shape index (κ3) is 2.85. The Morgan fingerprint density at radius 2 is 2.10 bits per heavy atom. The number of aromatic nitrogens is 2. The maximum Gasteiger partial charge on any atom is 0.113 e. The van der Waals surface area contributed by atoms with Gasteiger partial charge in [-0.05, 0) is 50.7 Å². The number of imidazole rings is 1. The average molecular weight is 270 g/mol. The van der Waals surface area contributed by atoms with Crippen LogP contribution < -0.4 is 5.73 Å². The molecule has 0 saturated carbocycles. The number of piperidine rings is 1. The van der Waals surface area contributed by atoms with Crippen molar-refractivity contribution in [3.05, 3.63) is 48.0 Å². The Kier molecular flexibility index (Phi) is 3.74. The molecule has 1 saturated heterocycles. The van der Waals surface area contributed by atoms with E-state index in [-0.39, 0.29) is 0 Å². The second-order valence-electron chi connectivity index (χ2n) is 5.71. The van der Waals surface area contributed by atoms with Crippen molar-refractivity contribution in [1.82, 2.24) is 14.5 Å². The van der Waals surface area contributed by atoms with Crippen LogP contribution in [-0.2, 0) is 6.42 Å². The zero-order valence-electron chi connectivity index (χ0n) is 12.0. The number of nitrogen functional groups attached to an aromatic ring is 1. The molecule has 0 radical (unpaired) electrons. The number of benzene rings is 1. The standard InChI is InChI=1S/C16H22N4/c1-19-8-5-15(6-9-19)20-10-7-18-16(20)12-13-3-2-4-14(17)11-13/h2-4,7,10-11,15H,5-6,8-9,12,17H2,1H3. The largest absolute Gasteiger partial charge is 0.399 e. The van der Waals surface area contributed by atoms with Crippen LogP contribution in [0.2, 0.25) is 0 Å². The summed E-state index contributed by atoms with van der Waals surface area (Å²) in [6.45, 7) is 2.33. The van der Waals surface area contributed by atoms with Crippen LogP contribution in [0, 0.1) is 0 Å². The Morgan fingerprint density at radius 3 is 2.85 bits per heavy atom. The van der Waals surface area contributed by atoms with Crippen LogP contribution in [-0.4, -0.2) is 34.6 Å². The van der Waals surface area contributed by atoms with Gasteiger partial charge in [0.05, 0.1) is 0 Å². The number of hydrogen-bond donors (Lipinski definition) is 1. The van der Waals surface area contributed by atoms with Crippen molar-refractivity contribution < 1.29 is 0 Å². The quantitative estimate of drug-likeness (QED) is 0.871. The van der Waals surface area contributed by atoms with E-state index in [1.165, 1.54) is 31.5 Å². The molecule has 4 nitrogen and oxygen atoms in total. The van der Waals surface area contributed by atoms with E-state index in [0.717, 1.165) is 17.9 Å². The molecule has 0 spiro atoms. The van der Waals surface area contributed by atoms with Gasteiger partial charge in [-0.15, -0.1) is 0 Å². The molecule has 1 aromatic heterocycles. The molecule has 106 valence electrons. The molecule has 3 rings (SSSR count). The summed E-state index contributed by atoms with van der Waals surface area (Å²) in [5.41, 5.74) is 7.90. The zero-order chi connectivity index (χ0) is 13.9. The molecule has 4 heteroatoms. The molecule has 0 atom stereocenters. The molecule has 1 fully saturated rings. The highest BCUT2D eigenvalue weighted by atomic mass is 15.1. The maximum absolute atomic E-state index is 5.85. The summed E-state index contributed by atoms with van der Waals surface area (Å²) >= 11 is 0. The smallest absolute Gasteiger partial charge is 0.113 e. The van der Waals surface area contributed by atoms with Crippen LogP contribution in [0.1, 0.15) is 30.3 Å². The fraction of sp³-hybridized carbons (Fsp3) is 0.438. The van der Waals surface area contributed by atoms with Crippen molar-refractivity contribution in [3.63, 3.8) is 0 Å². The molecular weight excluding hydrogens is 248 g/mol.